The minimum Gasteiger partial charge on any atom is -0.445 e. The largest absolute Gasteiger partial charge is 0.445 e. The highest BCUT2D eigenvalue weighted by Gasteiger charge is 2.20. The summed E-state index contributed by atoms with van der Waals surface area (Å²) in [5, 5.41) is 3.25. The molecule has 1 unspecified atom stereocenters. The van der Waals surface area contributed by atoms with Gasteiger partial charge in [-0.15, -0.1) is 0 Å². The summed E-state index contributed by atoms with van der Waals surface area (Å²) in [5.41, 5.74) is 0. The Balaban J connectivity index is 2.32. The average Bonchev–Trinajstić information content (AvgIpc) is 2.14. The van der Waals surface area contributed by atoms with E-state index in [1.54, 1.807) is 11.0 Å². The zero-order valence-electron chi connectivity index (χ0n) is 7.95. The summed E-state index contributed by atoms with van der Waals surface area (Å²) in [4.78, 5) is 13.0. The average molecular weight is 184 g/mol. The summed E-state index contributed by atoms with van der Waals surface area (Å²) in [6.07, 6.45) is 1.33. The van der Waals surface area contributed by atoms with Gasteiger partial charge >= 0.3 is 6.09 Å². The molecule has 4 heteroatoms. The van der Waals surface area contributed by atoms with Gasteiger partial charge in [-0.1, -0.05) is 12.7 Å². The number of carbonyl (C=O) groups is 1. The maximum Gasteiger partial charge on any atom is 0.410 e. The molecule has 4 nitrogen and oxygen atoms in total. The van der Waals surface area contributed by atoms with Crippen molar-refractivity contribution in [3.8, 4) is 0 Å². The number of ether oxygens (including phenoxy) is 1. The molecule has 1 fully saturated rings. The van der Waals surface area contributed by atoms with Crippen LogP contribution in [-0.2, 0) is 4.74 Å². The van der Waals surface area contributed by atoms with Gasteiger partial charge in [0.25, 0.3) is 0 Å². The Bertz CT molecular complexity index is 194. The van der Waals surface area contributed by atoms with Crippen LogP contribution in [-0.4, -0.2) is 43.3 Å². The van der Waals surface area contributed by atoms with Crippen LogP contribution in [0.2, 0.25) is 0 Å². The molecule has 1 aliphatic heterocycles. The molecular weight excluding hydrogens is 168 g/mol. The van der Waals surface area contributed by atoms with E-state index in [1.807, 2.05) is 6.92 Å². The van der Waals surface area contributed by atoms with Crippen LogP contribution < -0.4 is 5.32 Å². The Morgan fingerprint density at radius 1 is 1.85 bits per heavy atom. The van der Waals surface area contributed by atoms with E-state index < -0.39 is 0 Å². The summed E-state index contributed by atoms with van der Waals surface area (Å²) < 4.78 is 4.92. The number of rotatable bonds is 2. The van der Waals surface area contributed by atoms with Crippen LogP contribution in [0.1, 0.15) is 6.92 Å². The Hall–Kier alpha value is -1.03. The maximum atomic E-state index is 11.3. The van der Waals surface area contributed by atoms with Gasteiger partial charge in [-0.25, -0.2) is 4.79 Å². The lowest BCUT2D eigenvalue weighted by Crippen LogP contribution is -2.51. The van der Waals surface area contributed by atoms with Gasteiger partial charge in [-0.3, -0.25) is 0 Å². The van der Waals surface area contributed by atoms with E-state index >= 15 is 0 Å². The first-order chi connectivity index (χ1) is 6.24. The third-order valence-electron chi connectivity index (χ3n) is 1.95. The first kappa shape index (κ1) is 10.1. The summed E-state index contributed by atoms with van der Waals surface area (Å²) in [5.74, 6) is 0. The summed E-state index contributed by atoms with van der Waals surface area (Å²) in [6.45, 7) is 8.10. The first-order valence-electron chi connectivity index (χ1n) is 4.50. The van der Waals surface area contributed by atoms with E-state index in [1.165, 1.54) is 0 Å². The molecule has 0 saturated carbocycles. The van der Waals surface area contributed by atoms with Crippen molar-refractivity contribution in [3.05, 3.63) is 12.7 Å². The standard InChI is InChI=1S/C9H16N2O2/c1-3-6-13-9(12)11-5-4-10-8(2)7-11/h3,8,10H,1,4-7H2,2H3. The van der Waals surface area contributed by atoms with Crippen molar-refractivity contribution in [1.82, 2.24) is 10.2 Å². The molecule has 0 aliphatic carbocycles. The number of carbonyl (C=O) groups excluding carboxylic acids is 1. The molecule has 74 valence electrons. The summed E-state index contributed by atoms with van der Waals surface area (Å²) >= 11 is 0. The molecule has 0 aromatic heterocycles. The normalized spacial score (nSPS) is 22.5. The molecule has 1 atom stereocenters. The van der Waals surface area contributed by atoms with E-state index in [9.17, 15) is 4.79 Å². The molecule has 1 aliphatic rings. The van der Waals surface area contributed by atoms with Crippen molar-refractivity contribution in [3.63, 3.8) is 0 Å². The minimum absolute atomic E-state index is 0.242. The van der Waals surface area contributed by atoms with Crippen molar-refractivity contribution < 1.29 is 9.53 Å². The first-order valence-corrected chi connectivity index (χ1v) is 4.50. The predicted molar refractivity (Wildman–Crippen MR) is 50.6 cm³/mol. The van der Waals surface area contributed by atoms with E-state index in [0.717, 1.165) is 19.6 Å². The molecule has 0 spiro atoms. The van der Waals surface area contributed by atoms with Crippen LogP contribution in [0.15, 0.2) is 12.7 Å². The minimum atomic E-state index is -0.242. The lowest BCUT2D eigenvalue weighted by atomic mass is 10.2. The van der Waals surface area contributed by atoms with Crippen LogP contribution in [0.3, 0.4) is 0 Å². The molecule has 13 heavy (non-hydrogen) atoms. The van der Waals surface area contributed by atoms with Crippen LogP contribution in [0, 0.1) is 0 Å². The van der Waals surface area contributed by atoms with Crippen LogP contribution >= 0.6 is 0 Å². The molecular formula is C9H16N2O2. The summed E-state index contributed by atoms with van der Waals surface area (Å²) in [7, 11) is 0. The quantitative estimate of drug-likeness (QED) is 0.639. The van der Waals surface area contributed by atoms with Gasteiger partial charge in [-0.2, -0.15) is 0 Å². The monoisotopic (exact) mass is 184 g/mol. The van der Waals surface area contributed by atoms with E-state index in [-0.39, 0.29) is 12.7 Å². The number of nitrogens with zero attached hydrogens (tertiary/aromatic N) is 1. The van der Waals surface area contributed by atoms with Gasteiger partial charge in [0.2, 0.25) is 0 Å². The fourth-order valence-corrected chi connectivity index (χ4v) is 1.32. The van der Waals surface area contributed by atoms with Crippen molar-refractivity contribution in [2.24, 2.45) is 0 Å². The van der Waals surface area contributed by atoms with Gasteiger partial charge in [-0.05, 0) is 6.92 Å². The molecule has 1 amide bonds. The lowest BCUT2D eigenvalue weighted by Gasteiger charge is -2.30. The lowest BCUT2D eigenvalue weighted by molar-refractivity contribution is 0.101. The molecule has 1 N–H and O–H groups in total. The fourth-order valence-electron chi connectivity index (χ4n) is 1.32. The third-order valence-corrected chi connectivity index (χ3v) is 1.95. The number of hydrogen-bond acceptors (Lipinski definition) is 3. The Kier molecular flexibility index (Phi) is 3.76. The molecule has 0 radical (unpaired) electrons. The zero-order chi connectivity index (χ0) is 9.68. The van der Waals surface area contributed by atoms with E-state index in [2.05, 4.69) is 11.9 Å². The molecule has 1 rings (SSSR count). The second kappa shape index (κ2) is 4.87. The van der Waals surface area contributed by atoms with E-state index in [0.29, 0.717) is 6.04 Å². The SMILES string of the molecule is C=CCOC(=O)N1CCNC(C)C1. The van der Waals surface area contributed by atoms with Gasteiger partial charge in [0.1, 0.15) is 6.61 Å². The predicted octanol–water partition coefficient (Wildman–Crippen LogP) is 0.603. The molecule has 0 aromatic rings. The maximum absolute atomic E-state index is 11.3. The van der Waals surface area contributed by atoms with Gasteiger partial charge < -0.3 is 15.0 Å². The second-order valence-electron chi connectivity index (χ2n) is 3.17. The highest BCUT2D eigenvalue weighted by molar-refractivity contribution is 5.67. The number of nitrogens with one attached hydrogen (secondary N) is 1. The number of amides is 1. The van der Waals surface area contributed by atoms with Crippen molar-refractivity contribution in [2.45, 2.75) is 13.0 Å². The van der Waals surface area contributed by atoms with Crippen LogP contribution in [0.25, 0.3) is 0 Å². The number of hydrogen-bond donors (Lipinski definition) is 1. The second-order valence-corrected chi connectivity index (χ2v) is 3.17. The van der Waals surface area contributed by atoms with Crippen molar-refractivity contribution in [2.75, 3.05) is 26.2 Å². The third kappa shape index (κ3) is 3.06. The van der Waals surface area contributed by atoms with Crippen LogP contribution in [0.5, 0.6) is 0 Å². The van der Waals surface area contributed by atoms with Gasteiger partial charge in [0.05, 0.1) is 0 Å². The van der Waals surface area contributed by atoms with Gasteiger partial charge in [0.15, 0.2) is 0 Å². The molecule has 0 aromatic carbocycles. The van der Waals surface area contributed by atoms with Crippen LogP contribution in [0.4, 0.5) is 4.79 Å². The molecule has 0 bridgehead atoms. The highest BCUT2D eigenvalue weighted by atomic mass is 16.6. The highest BCUT2D eigenvalue weighted by Crippen LogP contribution is 2.00. The van der Waals surface area contributed by atoms with Gasteiger partial charge in [0, 0.05) is 25.7 Å². The Morgan fingerprint density at radius 3 is 3.23 bits per heavy atom. The Morgan fingerprint density at radius 2 is 2.62 bits per heavy atom. The van der Waals surface area contributed by atoms with Crippen molar-refractivity contribution in [1.29, 1.82) is 0 Å². The fraction of sp³-hybridized carbons (Fsp3) is 0.667. The van der Waals surface area contributed by atoms with Crippen molar-refractivity contribution >= 4 is 6.09 Å². The summed E-state index contributed by atoms with van der Waals surface area (Å²) in [6, 6.07) is 0.352. The topological polar surface area (TPSA) is 41.6 Å². The molecule has 1 heterocycles. The number of piperazine rings is 1. The Labute approximate surface area is 78.5 Å². The zero-order valence-corrected chi connectivity index (χ0v) is 7.95. The van der Waals surface area contributed by atoms with E-state index in [4.69, 9.17) is 4.74 Å². The smallest absolute Gasteiger partial charge is 0.410 e. The molecule has 1 saturated heterocycles.